The second-order valence-corrected chi connectivity index (χ2v) is 11.9. The van der Waals surface area contributed by atoms with E-state index in [0.717, 1.165) is 31.1 Å². The van der Waals surface area contributed by atoms with Gasteiger partial charge in [0.15, 0.2) is 0 Å². The Morgan fingerprint density at radius 1 is 1.14 bits per heavy atom. The number of ether oxygens (including phenoxy) is 3. The number of amides is 3. The molecule has 44 heavy (non-hydrogen) atoms. The standard InChI is InChI=1S/C27H37F3N6O7S/c28-27(29,30)26(35-36-26)17-6-5-16(13-18(31)24(38)39)20(14-17)43-12-11-42-10-9-41-8-7-32-22(37)4-2-1-3-21-23-19(15-44-21)33-25(40)34-23/h5-6,14,18-19,21,23H,1-4,7-13,15,31H2,(H,32,37)(H,38,39)(H2,33,34,40)/t18-,19-,21-,23-/m0/s1. The van der Waals surface area contributed by atoms with Crippen LogP contribution < -0.4 is 26.4 Å². The Balaban J connectivity index is 1.05. The van der Waals surface area contributed by atoms with Gasteiger partial charge in [0.2, 0.25) is 5.91 Å². The van der Waals surface area contributed by atoms with E-state index >= 15 is 0 Å². The maximum absolute atomic E-state index is 13.4. The van der Waals surface area contributed by atoms with E-state index in [1.165, 1.54) is 12.1 Å². The molecule has 3 heterocycles. The second kappa shape index (κ2) is 15.2. The predicted octanol–water partition coefficient (Wildman–Crippen LogP) is 2.08. The fourth-order valence-corrected chi connectivity index (χ4v) is 6.54. The number of carboxylic acids is 1. The summed E-state index contributed by atoms with van der Waals surface area (Å²) >= 11 is 1.85. The SMILES string of the molecule is N[C@@H](Cc1ccc(C2(C(F)(F)F)N=N2)cc1OCCOCCOCCNC(=O)CCCC[C@@H]1SC[C@@H]2NC(=O)N[C@@H]21)C(=O)O. The van der Waals surface area contributed by atoms with Crippen LogP contribution in [0.15, 0.2) is 28.4 Å². The Morgan fingerprint density at radius 2 is 1.86 bits per heavy atom. The number of nitrogens with zero attached hydrogens (tertiary/aromatic N) is 2. The molecule has 0 unspecified atom stereocenters. The van der Waals surface area contributed by atoms with Crippen LogP contribution in [-0.4, -0.2) is 97.9 Å². The van der Waals surface area contributed by atoms with Gasteiger partial charge < -0.3 is 41.0 Å². The highest BCUT2D eigenvalue weighted by molar-refractivity contribution is 8.00. The Kier molecular flexibility index (Phi) is 11.7. The van der Waals surface area contributed by atoms with Gasteiger partial charge in [-0.25, -0.2) is 4.79 Å². The molecule has 17 heteroatoms. The van der Waals surface area contributed by atoms with Gasteiger partial charge in [0.25, 0.3) is 0 Å². The van der Waals surface area contributed by atoms with Crippen LogP contribution >= 0.6 is 11.8 Å². The number of hydrogen-bond acceptors (Lipinski definition) is 10. The van der Waals surface area contributed by atoms with Crippen LogP contribution in [-0.2, 0) is 31.1 Å². The fraction of sp³-hybridized carbons (Fsp3) is 0.667. The van der Waals surface area contributed by atoms with Gasteiger partial charge in [-0.1, -0.05) is 18.6 Å². The van der Waals surface area contributed by atoms with E-state index in [1.807, 2.05) is 11.8 Å². The normalized spacial score (nSPS) is 22.2. The van der Waals surface area contributed by atoms with Crippen LogP contribution in [0, 0.1) is 0 Å². The summed E-state index contributed by atoms with van der Waals surface area (Å²) in [5, 5.41) is 24.6. The number of fused-ring (bicyclic) bond motifs is 1. The number of rotatable bonds is 19. The third-order valence-electron chi connectivity index (χ3n) is 7.43. The van der Waals surface area contributed by atoms with E-state index < -0.39 is 23.9 Å². The zero-order valence-corrected chi connectivity index (χ0v) is 24.8. The molecule has 2 saturated heterocycles. The van der Waals surface area contributed by atoms with Crippen LogP contribution in [0.4, 0.5) is 18.0 Å². The molecule has 4 rings (SSSR count). The Bertz CT molecular complexity index is 1200. The van der Waals surface area contributed by atoms with Crippen LogP contribution in [0.25, 0.3) is 0 Å². The Morgan fingerprint density at radius 3 is 2.57 bits per heavy atom. The summed E-state index contributed by atoms with van der Waals surface area (Å²) in [5.41, 5.74) is 3.05. The lowest BCUT2D eigenvalue weighted by Crippen LogP contribution is -2.36. The van der Waals surface area contributed by atoms with Crippen molar-refractivity contribution in [2.45, 2.75) is 67.3 Å². The molecule has 1 aromatic carbocycles. The molecule has 0 spiro atoms. The topological polar surface area (TPSA) is 186 Å². The molecule has 244 valence electrons. The van der Waals surface area contributed by atoms with Crippen molar-refractivity contribution in [2.24, 2.45) is 16.0 Å². The molecule has 0 saturated carbocycles. The molecule has 0 aliphatic carbocycles. The molecule has 0 bridgehead atoms. The van der Waals surface area contributed by atoms with Gasteiger partial charge >= 0.3 is 23.8 Å². The number of unbranched alkanes of at least 4 members (excludes halogenated alkanes) is 1. The summed E-state index contributed by atoms with van der Waals surface area (Å²) in [6.07, 6.45) is -1.82. The molecule has 0 radical (unpaired) electrons. The van der Waals surface area contributed by atoms with Crippen LogP contribution in [0.3, 0.4) is 0 Å². The molecule has 4 atom stereocenters. The molecule has 3 aliphatic heterocycles. The number of alkyl halides is 3. The third kappa shape index (κ3) is 8.95. The Hall–Kier alpha value is -3.15. The zero-order chi connectivity index (χ0) is 31.7. The molecular weight excluding hydrogens is 609 g/mol. The number of thioether (sulfide) groups is 1. The first kappa shape index (κ1) is 33.7. The number of urea groups is 1. The first-order chi connectivity index (χ1) is 21.0. The van der Waals surface area contributed by atoms with E-state index in [-0.39, 0.29) is 68.2 Å². The molecule has 2 fully saturated rings. The molecule has 3 amide bonds. The van der Waals surface area contributed by atoms with Gasteiger partial charge in [-0.2, -0.15) is 24.9 Å². The quantitative estimate of drug-likeness (QED) is 0.111. The average Bonchev–Trinajstić information content (AvgIpc) is 3.61. The Labute approximate surface area is 256 Å². The van der Waals surface area contributed by atoms with Gasteiger partial charge in [-0.15, -0.1) is 10.2 Å². The van der Waals surface area contributed by atoms with Crippen LogP contribution in [0.2, 0.25) is 0 Å². The number of nitrogens with two attached hydrogens (primary N) is 1. The zero-order valence-electron chi connectivity index (χ0n) is 23.9. The fourth-order valence-electron chi connectivity index (χ4n) is 5.00. The number of aliphatic carboxylic acids is 1. The van der Waals surface area contributed by atoms with E-state index in [1.54, 1.807) is 0 Å². The van der Waals surface area contributed by atoms with Crippen molar-refractivity contribution >= 4 is 29.7 Å². The maximum Gasteiger partial charge on any atom is 0.442 e. The molecule has 3 aliphatic rings. The smallest absolute Gasteiger partial charge is 0.442 e. The highest BCUT2D eigenvalue weighted by atomic mass is 32.2. The van der Waals surface area contributed by atoms with Gasteiger partial charge in [-0.3, -0.25) is 9.59 Å². The van der Waals surface area contributed by atoms with Gasteiger partial charge in [0.1, 0.15) is 18.4 Å². The first-order valence-corrected chi connectivity index (χ1v) is 15.4. The summed E-state index contributed by atoms with van der Waals surface area (Å²) < 4.78 is 56.8. The molecule has 1 aromatic rings. The van der Waals surface area contributed by atoms with Crippen molar-refractivity contribution in [3.8, 4) is 5.75 Å². The number of benzene rings is 1. The van der Waals surface area contributed by atoms with Crippen molar-refractivity contribution in [1.29, 1.82) is 0 Å². The van der Waals surface area contributed by atoms with Crippen molar-refractivity contribution in [2.75, 3.05) is 45.3 Å². The van der Waals surface area contributed by atoms with Crippen LogP contribution in [0.5, 0.6) is 5.75 Å². The summed E-state index contributed by atoms with van der Waals surface area (Å²) in [6.45, 7) is 1.22. The third-order valence-corrected chi connectivity index (χ3v) is 8.94. The predicted molar refractivity (Wildman–Crippen MR) is 152 cm³/mol. The number of carboxylic acid groups (broad SMARTS) is 1. The van der Waals surface area contributed by atoms with E-state index in [0.29, 0.717) is 30.4 Å². The van der Waals surface area contributed by atoms with Crippen molar-refractivity contribution in [3.63, 3.8) is 0 Å². The lowest BCUT2D eigenvalue weighted by molar-refractivity contribution is -0.166. The largest absolute Gasteiger partial charge is 0.491 e. The highest BCUT2D eigenvalue weighted by Gasteiger charge is 2.65. The number of nitrogens with one attached hydrogen (secondary N) is 3. The molecule has 13 nitrogen and oxygen atoms in total. The monoisotopic (exact) mass is 646 g/mol. The number of carbonyl (C=O) groups is 3. The van der Waals surface area contributed by atoms with Gasteiger partial charge in [0, 0.05) is 36.0 Å². The molecule has 0 aromatic heterocycles. The van der Waals surface area contributed by atoms with E-state index in [4.69, 9.17) is 25.1 Å². The lowest BCUT2D eigenvalue weighted by Gasteiger charge is -2.19. The minimum Gasteiger partial charge on any atom is -0.491 e. The lowest BCUT2D eigenvalue weighted by atomic mass is 9.97. The molecule has 6 N–H and O–H groups in total. The highest BCUT2D eigenvalue weighted by Crippen LogP contribution is 2.53. The second-order valence-electron chi connectivity index (χ2n) is 10.6. The summed E-state index contributed by atoms with van der Waals surface area (Å²) in [4.78, 5) is 34.7. The van der Waals surface area contributed by atoms with E-state index in [2.05, 4.69) is 26.2 Å². The van der Waals surface area contributed by atoms with E-state index in [9.17, 15) is 27.6 Å². The summed E-state index contributed by atoms with van der Waals surface area (Å²) in [6, 6.07) is 2.66. The molecular formula is C27H37F3N6O7S. The minimum atomic E-state index is -4.72. The maximum atomic E-state index is 13.4. The van der Waals surface area contributed by atoms with Gasteiger partial charge in [-0.05, 0) is 24.5 Å². The van der Waals surface area contributed by atoms with Crippen molar-refractivity contribution in [3.05, 3.63) is 29.3 Å². The number of hydrogen-bond donors (Lipinski definition) is 5. The van der Waals surface area contributed by atoms with Crippen LogP contribution in [0.1, 0.15) is 36.8 Å². The minimum absolute atomic E-state index is 0.0195. The summed E-state index contributed by atoms with van der Waals surface area (Å²) in [5.74, 6) is -0.347. The first-order valence-electron chi connectivity index (χ1n) is 14.4. The number of halogens is 3. The van der Waals surface area contributed by atoms with Crippen molar-refractivity contribution < 1.29 is 46.9 Å². The number of carbonyl (C=O) groups excluding carboxylic acids is 2. The summed E-state index contributed by atoms with van der Waals surface area (Å²) in [7, 11) is 0. The van der Waals surface area contributed by atoms with Crippen molar-refractivity contribution in [1.82, 2.24) is 16.0 Å². The average molecular weight is 647 g/mol. The van der Waals surface area contributed by atoms with Gasteiger partial charge in [0.05, 0.1) is 38.5 Å².